The van der Waals surface area contributed by atoms with E-state index in [2.05, 4.69) is 10.1 Å². The van der Waals surface area contributed by atoms with Gasteiger partial charge in [-0.3, -0.25) is 10.1 Å². The van der Waals surface area contributed by atoms with Gasteiger partial charge in [-0.15, -0.1) is 0 Å². The minimum Gasteiger partial charge on any atom is -0.389 e. The normalized spacial score (nSPS) is 12.3. The molecular weight excluding hydrogens is 276 g/mol. The lowest BCUT2D eigenvalue weighted by atomic mass is 10.2. The topological polar surface area (TPSA) is 103 Å². The first-order chi connectivity index (χ1) is 10.1. The van der Waals surface area contributed by atoms with E-state index in [1.54, 1.807) is 12.1 Å². The van der Waals surface area contributed by atoms with Crippen molar-refractivity contribution < 1.29 is 14.8 Å². The number of nitrogens with zero attached hydrogens (tertiary/aromatic N) is 4. The molecule has 0 saturated carbocycles. The standard InChI is InChI=1S/C13H16N4O4/c1-2-21-8-12(18)7-16-9-14-13(15-16)10-3-5-11(6-4-10)17(19)20/h3-6,9,12,18H,2,7-8H2,1H3. The van der Waals surface area contributed by atoms with E-state index in [-0.39, 0.29) is 18.8 Å². The van der Waals surface area contributed by atoms with Crippen molar-refractivity contribution in [1.82, 2.24) is 14.8 Å². The SMILES string of the molecule is CCOCC(O)Cn1cnc(-c2ccc([N+](=O)[O-])cc2)n1. The number of aliphatic hydroxyl groups is 1. The second-order valence-electron chi connectivity index (χ2n) is 4.41. The second-order valence-corrected chi connectivity index (χ2v) is 4.41. The summed E-state index contributed by atoms with van der Waals surface area (Å²) in [6.07, 6.45) is 0.850. The smallest absolute Gasteiger partial charge is 0.269 e. The van der Waals surface area contributed by atoms with E-state index in [1.807, 2.05) is 6.92 Å². The van der Waals surface area contributed by atoms with E-state index in [4.69, 9.17) is 4.74 Å². The van der Waals surface area contributed by atoms with Gasteiger partial charge in [0.2, 0.25) is 0 Å². The van der Waals surface area contributed by atoms with Gasteiger partial charge in [-0.05, 0) is 19.1 Å². The number of nitro groups is 1. The molecule has 1 unspecified atom stereocenters. The van der Waals surface area contributed by atoms with Crippen LogP contribution in [0, 0.1) is 10.1 Å². The second kappa shape index (κ2) is 6.91. The van der Waals surface area contributed by atoms with Gasteiger partial charge in [0.15, 0.2) is 5.82 Å². The van der Waals surface area contributed by atoms with Crippen LogP contribution in [0.25, 0.3) is 11.4 Å². The van der Waals surface area contributed by atoms with Gasteiger partial charge >= 0.3 is 0 Å². The van der Waals surface area contributed by atoms with Gasteiger partial charge in [0.05, 0.1) is 24.2 Å². The quantitative estimate of drug-likeness (QED) is 0.608. The highest BCUT2D eigenvalue weighted by molar-refractivity contribution is 5.56. The lowest BCUT2D eigenvalue weighted by Crippen LogP contribution is -2.22. The summed E-state index contributed by atoms with van der Waals surface area (Å²) in [7, 11) is 0. The van der Waals surface area contributed by atoms with E-state index in [9.17, 15) is 15.2 Å². The summed E-state index contributed by atoms with van der Waals surface area (Å²) in [6.45, 7) is 2.92. The first-order valence-electron chi connectivity index (χ1n) is 6.50. The molecule has 8 nitrogen and oxygen atoms in total. The Kier molecular flexibility index (Phi) is 4.96. The third-order valence-corrected chi connectivity index (χ3v) is 2.78. The van der Waals surface area contributed by atoms with Crippen LogP contribution in [0.4, 0.5) is 5.69 Å². The lowest BCUT2D eigenvalue weighted by molar-refractivity contribution is -0.384. The fourth-order valence-electron chi connectivity index (χ4n) is 1.77. The van der Waals surface area contributed by atoms with Gasteiger partial charge in [0, 0.05) is 24.3 Å². The molecule has 0 aliphatic heterocycles. The molecule has 0 radical (unpaired) electrons. The maximum absolute atomic E-state index is 10.6. The summed E-state index contributed by atoms with van der Waals surface area (Å²) < 4.78 is 6.63. The number of rotatable bonds is 7. The fraction of sp³-hybridized carbons (Fsp3) is 0.385. The number of benzene rings is 1. The molecule has 1 heterocycles. The van der Waals surface area contributed by atoms with Gasteiger partial charge < -0.3 is 9.84 Å². The Bertz CT molecular complexity index is 596. The van der Waals surface area contributed by atoms with E-state index in [0.717, 1.165) is 0 Å². The number of aromatic nitrogens is 3. The van der Waals surface area contributed by atoms with Crippen molar-refractivity contribution in [3.8, 4) is 11.4 Å². The van der Waals surface area contributed by atoms with Crippen LogP contribution >= 0.6 is 0 Å². The number of hydrogen-bond donors (Lipinski definition) is 1. The predicted octanol–water partition coefficient (Wildman–Crippen LogP) is 1.25. The highest BCUT2D eigenvalue weighted by atomic mass is 16.6. The summed E-state index contributed by atoms with van der Waals surface area (Å²) in [5, 5.41) is 24.5. The lowest BCUT2D eigenvalue weighted by Gasteiger charge is -2.09. The van der Waals surface area contributed by atoms with Crippen LogP contribution in [0.5, 0.6) is 0 Å². The van der Waals surface area contributed by atoms with Crippen LogP contribution in [0.1, 0.15) is 6.92 Å². The molecule has 0 fully saturated rings. The fourth-order valence-corrected chi connectivity index (χ4v) is 1.77. The number of non-ortho nitro benzene ring substituents is 1. The Morgan fingerprint density at radius 2 is 2.14 bits per heavy atom. The van der Waals surface area contributed by atoms with Crippen molar-refractivity contribution in [2.45, 2.75) is 19.6 Å². The van der Waals surface area contributed by atoms with Crippen LogP contribution in [0.3, 0.4) is 0 Å². The maximum atomic E-state index is 10.6. The van der Waals surface area contributed by atoms with Gasteiger partial charge in [-0.2, -0.15) is 5.10 Å². The van der Waals surface area contributed by atoms with Crippen molar-refractivity contribution in [3.05, 3.63) is 40.7 Å². The van der Waals surface area contributed by atoms with Crippen molar-refractivity contribution in [2.75, 3.05) is 13.2 Å². The molecule has 0 aliphatic rings. The van der Waals surface area contributed by atoms with E-state index in [1.165, 1.54) is 23.1 Å². The third kappa shape index (κ3) is 4.07. The van der Waals surface area contributed by atoms with Crippen LogP contribution in [-0.4, -0.2) is 44.1 Å². The van der Waals surface area contributed by atoms with Crippen molar-refractivity contribution in [3.63, 3.8) is 0 Å². The average molecular weight is 292 g/mol. The Labute approximate surface area is 121 Å². The van der Waals surface area contributed by atoms with Crippen LogP contribution in [0.2, 0.25) is 0 Å². The van der Waals surface area contributed by atoms with E-state index < -0.39 is 11.0 Å². The first kappa shape index (κ1) is 15.1. The monoisotopic (exact) mass is 292 g/mol. The molecule has 0 spiro atoms. The molecule has 1 aromatic carbocycles. The molecule has 1 aromatic heterocycles. The third-order valence-electron chi connectivity index (χ3n) is 2.78. The highest BCUT2D eigenvalue weighted by Gasteiger charge is 2.10. The molecular formula is C13H16N4O4. The zero-order chi connectivity index (χ0) is 15.2. The van der Waals surface area contributed by atoms with Gasteiger partial charge in [-0.25, -0.2) is 9.67 Å². The molecule has 1 N–H and O–H groups in total. The largest absolute Gasteiger partial charge is 0.389 e. The van der Waals surface area contributed by atoms with Crippen molar-refractivity contribution in [1.29, 1.82) is 0 Å². The summed E-state index contributed by atoms with van der Waals surface area (Å²) in [4.78, 5) is 14.3. The molecule has 0 saturated heterocycles. The summed E-state index contributed by atoms with van der Waals surface area (Å²) >= 11 is 0. The number of ether oxygens (including phenoxy) is 1. The Morgan fingerprint density at radius 3 is 2.76 bits per heavy atom. The molecule has 2 rings (SSSR count). The minimum atomic E-state index is -0.656. The van der Waals surface area contributed by atoms with Gasteiger partial charge in [0.1, 0.15) is 6.33 Å². The zero-order valence-electron chi connectivity index (χ0n) is 11.5. The Balaban J connectivity index is 2.03. The number of hydrogen-bond acceptors (Lipinski definition) is 6. The highest BCUT2D eigenvalue weighted by Crippen LogP contribution is 2.18. The minimum absolute atomic E-state index is 0.0188. The molecule has 0 amide bonds. The zero-order valence-corrected chi connectivity index (χ0v) is 11.5. The summed E-state index contributed by atoms with van der Waals surface area (Å²) in [6, 6.07) is 5.99. The molecule has 2 aromatic rings. The van der Waals surface area contributed by atoms with Gasteiger partial charge in [0.25, 0.3) is 5.69 Å². The molecule has 8 heteroatoms. The van der Waals surface area contributed by atoms with Crippen molar-refractivity contribution in [2.24, 2.45) is 0 Å². The van der Waals surface area contributed by atoms with E-state index in [0.29, 0.717) is 18.0 Å². The van der Waals surface area contributed by atoms with Crippen LogP contribution < -0.4 is 0 Å². The summed E-state index contributed by atoms with van der Waals surface area (Å²) in [5.41, 5.74) is 0.698. The van der Waals surface area contributed by atoms with E-state index >= 15 is 0 Å². The molecule has 0 bridgehead atoms. The molecule has 112 valence electrons. The first-order valence-corrected chi connectivity index (χ1v) is 6.50. The number of nitro benzene ring substituents is 1. The Hall–Kier alpha value is -2.32. The maximum Gasteiger partial charge on any atom is 0.269 e. The summed E-state index contributed by atoms with van der Waals surface area (Å²) in [5.74, 6) is 0.452. The average Bonchev–Trinajstić information content (AvgIpc) is 2.93. The van der Waals surface area contributed by atoms with Crippen LogP contribution in [-0.2, 0) is 11.3 Å². The molecule has 21 heavy (non-hydrogen) atoms. The van der Waals surface area contributed by atoms with Crippen molar-refractivity contribution >= 4 is 5.69 Å². The Morgan fingerprint density at radius 1 is 1.43 bits per heavy atom. The predicted molar refractivity (Wildman–Crippen MR) is 74.6 cm³/mol. The van der Waals surface area contributed by atoms with Crippen LogP contribution in [0.15, 0.2) is 30.6 Å². The number of aliphatic hydroxyl groups excluding tert-OH is 1. The van der Waals surface area contributed by atoms with Gasteiger partial charge in [-0.1, -0.05) is 0 Å². The molecule has 0 aliphatic carbocycles. The molecule has 1 atom stereocenters.